The lowest BCUT2D eigenvalue weighted by atomic mass is 10.1. The standard InChI is InChI=1S/C11H15ClO2S/c1-6-5-9(15-11(6)12)10(13)8-4-3-7(2)14-8/h5,7-8,10,13H,3-4H2,1-2H3. The van der Waals surface area contributed by atoms with Gasteiger partial charge in [0.05, 0.1) is 16.5 Å². The second-order valence-corrected chi connectivity index (χ2v) is 5.80. The zero-order valence-electron chi connectivity index (χ0n) is 8.87. The summed E-state index contributed by atoms with van der Waals surface area (Å²) in [5.41, 5.74) is 1.03. The Morgan fingerprint density at radius 3 is 2.80 bits per heavy atom. The molecule has 2 nitrogen and oxygen atoms in total. The molecule has 0 aliphatic carbocycles. The van der Waals surface area contributed by atoms with E-state index >= 15 is 0 Å². The maximum absolute atomic E-state index is 10.1. The van der Waals surface area contributed by atoms with Crippen LogP contribution in [0.15, 0.2) is 6.07 Å². The Morgan fingerprint density at radius 2 is 2.33 bits per heavy atom. The lowest BCUT2D eigenvalue weighted by Crippen LogP contribution is -2.17. The average molecular weight is 247 g/mol. The van der Waals surface area contributed by atoms with Crippen molar-refractivity contribution in [2.75, 3.05) is 0 Å². The molecular weight excluding hydrogens is 232 g/mol. The first-order valence-electron chi connectivity index (χ1n) is 5.17. The van der Waals surface area contributed by atoms with Gasteiger partial charge in [-0.3, -0.25) is 0 Å². The van der Waals surface area contributed by atoms with Gasteiger partial charge in [-0.1, -0.05) is 11.6 Å². The smallest absolute Gasteiger partial charge is 0.114 e. The van der Waals surface area contributed by atoms with Gasteiger partial charge in [-0.2, -0.15) is 0 Å². The van der Waals surface area contributed by atoms with Crippen LogP contribution in [-0.4, -0.2) is 17.3 Å². The van der Waals surface area contributed by atoms with Gasteiger partial charge < -0.3 is 9.84 Å². The predicted molar refractivity (Wildman–Crippen MR) is 62.6 cm³/mol. The van der Waals surface area contributed by atoms with Crippen LogP contribution in [0.25, 0.3) is 0 Å². The number of thiophene rings is 1. The predicted octanol–water partition coefficient (Wildman–Crippen LogP) is 3.31. The number of aliphatic hydroxyl groups is 1. The molecule has 3 atom stereocenters. The van der Waals surface area contributed by atoms with Crippen molar-refractivity contribution in [2.45, 2.75) is 45.0 Å². The molecule has 1 aromatic heterocycles. The van der Waals surface area contributed by atoms with Crippen molar-refractivity contribution in [3.05, 3.63) is 20.8 Å². The Bertz CT molecular complexity index is 331. The Morgan fingerprint density at radius 1 is 1.60 bits per heavy atom. The summed E-state index contributed by atoms with van der Waals surface area (Å²) in [6.45, 7) is 3.99. The summed E-state index contributed by atoms with van der Waals surface area (Å²) in [4.78, 5) is 0.914. The third kappa shape index (κ3) is 2.36. The molecule has 0 radical (unpaired) electrons. The Hall–Kier alpha value is -0.0900. The van der Waals surface area contributed by atoms with Crippen LogP contribution in [0.5, 0.6) is 0 Å². The second-order valence-electron chi connectivity index (χ2n) is 4.11. The van der Waals surface area contributed by atoms with E-state index in [1.807, 2.05) is 19.9 Å². The molecule has 1 aliphatic heterocycles. The van der Waals surface area contributed by atoms with Gasteiger partial charge in [-0.15, -0.1) is 11.3 Å². The van der Waals surface area contributed by atoms with Gasteiger partial charge in [0.1, 0.15) is 6.10 Å². The summed E-state index contributed by atoms with van der Waals surface area (Å²) in [7, 11) is 0. The summed E-state index contributed by atoms with van der Waals surface area (Å²) >= 11 is 7.42. The SMILES string of the molecule is Cc1cc(C(O)C2CCC(C)O2)sc1Cl. The number of hydrogen-bond donors (Lipinski definition) is 1. The molecule has 1 aliphatic rings. The minimum Gasteiger partial charge on any atom is -0.385 e. The molecule has 2 heterocycles. The maximum Gasteiger partial charge on any atom is 0.114 e. The van der Waals surface area contributed by atoms with E-state index in [0.717, 1.165) is 27.6 Å². The number of halogens is 1. The van der Waals surface area contributed by atoms with Crippen LogP contribution >= 0.6 is 22.9 Å². The molecule has 1 aromatic rings. The monoisotopic (exact) mass is 246 g/mol. The molecular formula is C11H15ClO2S. The fourth-order valence-corrected chi connectivity index (χ4v) is 3.14. The molecule has 1 fully saturated rings. The average Bonchev–Trinajstić information content (AvgIpc) is 2.74. The normalized spacial score (nSPS) is 28.3. The number of aryl methyl sites for hydroxylation is 1. The third-order valence-electron chi connectivity index (χ3n) is 2.78. The molecule has 84 valence electrons. The van der Waals surface area contributed by atoms with Crippen molar-refractivity contribution in [1.82, 2.24) is 0 Å². The molecule has 15 heavy (non-hydrogen) atoms. The second kappa shape index (κ2) is 4.42. The van der Waals surface area contributed by atoms with Gasteiger partial charge in [0.25, 0.3) is 0 Å². The first-order chi connectivity index (χ1) is 7.08. The van der Waals surface area contributed by atoms with Crippen molar-refractivity contribution in [3.8, 4) is 0 Å². The number of aliphatic hydroxyl groups excluding tert-OH is 1. The van der Waals surface area contributed by atoms with Crippen LogP contribution in [0.2, 0.25) is 4.34 Å². The van der Waals surface area contributed by atoms with Crippen molar-refractivity contribution in [1.29, 1.82) is 0 Å². The largest absolute Gasteiger partial charge is 0.385 e. The Balaban J connectivity index is 2.10. The first kappa shape index (κ1) is 11.4. The van der Waals surface area contributed by atoms with E-state index in [1.54, 1.807) is 0 Å². The van der Waals surface area contributed by atoms with Crippen molar-refractivity contribution in [2.24, 2.45) is 0 Å². The maximum atomic E-state index is 10.1. The summed E-state index contributed by atoms with van der Waals surface area (Å²) < 4.78 is 6.40. The highest BCUT2D eigenvalue weighted by Gasteiger charge is 2.30. The summed E-state index contributed by atoms with van der Waals surface area (Å²) in [6.07, 6.45) is 1.64. The van der Waals surface area contributed by atoms with Gasteiger partial charge >= 0.3 is 0 Å². The fraction of sp³-hybridized carbons (Fsp3) is 0.636. The van der Waals surface area contributed by atoms with Crippen LogP contribution < -0.4 is 0 Å². The van der Waals surface area contributed by atoms with Crippen LogP contribution in [0.3, 0.4) is 0 Å². The highest BCUT2D eigenvalue weighted by atomic mass is 35.5. The van der Waals surface area contributed by atoms with Crippen molar-refractivity contribution < 1.29 is 9.84 Å². The quantitative estimate of drug-likeness (QED) is 0.868. The zero-order chi connectivity index (χ0) is 11.0. The van der Waals surface area contributed by atoms with E-state index in [9.17, 15) is 5.11 Å². The van der Waals surface area contributed by atoms with Crippen LogP contribution in [0.4, 0.5) is 0 Å². The van der Waals surface area contributed by atoms with Crippen LogP contribution in [-0.2, 0) is 4.74 Å². The number of ether oxygens (including phenoxy) is 1. The molecule has 0 spiro atoms. The summed E-state index contributed by atoms with van der Waals surface area (Å²) in [5, 5.41) is 10.1. The van der Waals surface area contributed by atoms with Gasteiger partial charge in [-0.05, 0) is 38.3 Å². The van der Waals surface area contributed by atoms with Gasteiger partial charge in [-0.25, -0.2) is 0 Å². The summed E-state index contributed by atoms with van der Waals surface area (Å²) in [5.74, 6) is 0. The van der Waals surface area contributed by atoms with E-state index in [-0.39, 0.29) is 12.2 Å². The molecule has 2 rings (SSSR count). The zero-order valence-corrected chi connectivity index (χ0v) is 10.4. The number of rotatable bonds is 2. The molecule has 1 saturated heterocycles. The fourth-order valence-electron chi connectivity index (χ4n) is 1.88. The lowest BCUT2D eigenvalue weighted by Gasteiger charge is -2.16. The van der Waals surface area contributed by atoms with E-state index in [1.165, 1.54) is 11.3 Å². The molecule has 0 aromatic carbocycles. The lowest BCUT2D eigenvalue weighted by molar-refractivity contribution is -0.0283. The number of hydrogen-bond acceptors (Lipinski definition) is 3. The Labute approximate surface area is 98.8 Å². The molecule has 1 N–H and O–H groups in total. The van der Waals surface area contributed by atoms with E-state index in [0.29, 0.717) is 0 Å². The molecule has 0 saturated carbocycles. The minimum absolute atomic E-state index is 0.0610. The van der Waals surface area contributed by atoms with Crippen molar-refractivity contribution >= 4 is 22.9 Å². The molecule has 0 amide bonds. The first-order valence-corrected chi connectivity index (χ1v) is 6.36. The molecule has 0 bridgehead atoms. The highest BCUT2D eigenvalue weighted by molar-refractivity contribution is 7.16. The van der Waals surface area contributed by atoms with E-state index in [2.05, 4.69) is 0 Å². The summed E-state index contributed by atoms with van der Waals surface area (Å²) in [6, 6.07) is 1.95. The molecule has 4 heteroatoms. The van der Waals surface area contributed by atoms with Crippen LogP contribution in [0, 0.1) is 6.92 Å². The minimum atomic E-state index is -0.522. The van der Waals surface area contributed by atoms with Gasteiger partial charge in [0.2, 0.25) is 0 Å². The van der Waals surface area contributed by atoms with Crippen molar-refractivity contribution in [3.63, 3.8) is 0 Å². The topological polar surface area (TPSA) is 29.5 Å². The van der Waals surface area contributed by atoms with E-state index < -0.39 is 6.10 Å². The molecule has 3 unspecified atom stereocenters. The Kier molecular flexibility index (Phi) is 3.36. The highest BCUT2D eigenvalue weighted by Crippen LogP contribution is 2.36. The van der Waals surface area contributed by atoms with Gasteiger partial charge in [0, 0.05) is 4.88 Å². The van der Waals surface area contributed by atoms with Gasteiger partial charge in [0.15, 0.2) is 0 Å². The third-order valence-corrected chi connectivity index (χ3v) is 4.41. The van der Waals surface area contributed by atoms with Crippen LogP contribution in [0.1, 0.15) is 36.3 Å². The van der Waals surface area contributed by atoms with E-state index in [4.69, 9.17) is 16.3 Å².